The summed E-state index contributed by atoms with van der Waals surface area (Å²) in [4.78, 5) is 13.5. The van der Waals surface area contributed by atoms with Crippen LogP contribution in [0.25, 0.3) is 0 Å². The number of nitrogens with one attached hydrogen (secondary N) is 1. The van der Waals surface area contributed by atoms with E-state index in [9.17, 15) is 22.4 Å². The fraction of sp³-hybridized carbons (Fsp3) is 0.316. The third-order valence-corrected chi connectivity index (χ3v) is 5.60. The van der Waals surface area contributed by atoms with Crippen molar-refractivity contribution in [2.45, 2.75) is 18.8 Å². The highest BCUT2D eigenvalue weighted by Crippen LogP contribution is 2.31. The summed E-state index contributed by atoms with van der Waals surface area (Å²) >= 11 is 1.70. The fourth-order valence-electron chi connectivity index (χ4n) is 3.21. The van der Waals surface area contributed by atoms with E-state index in [0.29, 0.717) is 30.0 Å². The van der Waals surface area contributed by atoms with Crippen molar-refractivity contribution in [1.82, 2.24) is 5.43 Å². The molecule has 1 heterocycles. The Bertz CT molecular complexity index is 879. The van der Waals surface area contributed by atoms with Crippen molar-refractivity contribution >= 4 is 23.4 Å². The summed E-state index contributed by atoms with van der Waals surface area (Å²) in [6, 6.07) is 9.79. The molecule has 0 aliphatic carbocycles. The average Bonchev–Trinajstić information content (AvgIpc) is 2.68. The Morgan fingerprint density at radius 3 is 2.76 bits per heavy atom. The Morgan fingerprint density at radius 2 is 2.07 bits per heavy atom. The minimum absolute atomic E-state index is 0.112. The molecule has 1 amide bonds. The Balaban J connectivity index is 1.80. The molecule has 0 aromatic heterocycles. The SMILES string of the molecule is NNC(=O)c1ccc(CC2CSCCN2c2cccc(OC(F)(F)F)c2)c(F)c1. The Morgan fingerprint density at radius 1 is 1.28 bits per heavy atom. The Kier molecular flexibility index (Phi) is 6.53. The predicted octanol–water partition coefficient (Wildman–Crippen LogP) is 3.49. The second-order valence-corrected chi connectivity index (χ2v) is 7.60. The molecule has 1 unspecified atom stereocenters. The van der Waals surface area contributed by atoms with Crippen LogP contribution < -0.4 is 20.9 Å². The van der Waals surface area contributed by atoms with Crippen LogP contribution in [0.5, 0.6) is 5.75 Å². The molecule has 3 N–H and O–H groups in total. The third kappa shape index (κ3) is 5.54. The van der Waals surface area contributed by atoms with Crippen LogP contribution >= 0.6 is 11.8 Å². The van der Waals surface area contributed by atoms with Crippen LogP contribution in [-0.2, 0) is 6.42 Å². The molecule has 0 bridgehead atoms. The number of amides is 1. The van der Waals surface area contributed by atoms with Gasteiger partial charge in [-0.3, -0.25) is 10.2 Å². The first kappa shape index (κ1) is 21.3. The summed E-state index contributed by atoms with van der Waals surface area (Å²) in [7, 11) is 0. The van der Waals surface area contributed by atoms with E-state index in [1.165, 1.54) is 30.3 Å². The Labute approximate surface area is 169 Å². The van der Waals surface area contributed by atoms with Crippen LogP contribution in [0.2, 0.25) is 0 Å². The number of rotatable bonds is 5. The number of thioether (sulfide) groups is 1. The van der Waals surface area contributed by atoms with Crippen molar-refractivity contribution < 1.29 is 27.1 Å². The van der Waals surface area contributed by atoms with Gasteiger partial charge in [0.05, 0.1) is 0 Å². The van der Waals surface area contributed by atoms with Gasteiger partial charge in [0.2, 0.25) is 0 Å². The summed E-state index contributed by atoms with van der Waals surface area (Å²) in [5.41, 5.74) is 3.06. The van der Waals surface area contributed by atoms with Crippen LogP contribution in [0.4, 0.5) is 23.2 Å². The zero-order valence-corrected chi connectivity index (χ0v) is 16.0. The van der Waals surface area contributed by atoms with Crippen molar-refractivity contribution in [1.29, 1.82) is 0 Å². The lowest BCUT2D eigenvalue weighted by molar-refractivity contribution is -0.274. The number of carbonyl (C=O) groups excluding carboxylic acids is 1. The molecule has 1 saturated heterocycles. The molecule has 0 saturated carbocycles. The monoisotopic (exact) mass is 429 g/mol. The van der Waals surface area contributed by atoms with Crippen LogP contribution in [0.1, 0.15) is 15.9 Å². The zero-order valence-electron chi connectivity index (χ0n) is 15.2. The summed E-state index contributed by atoms with van der Waals surface area (Å²) in [6.07, 6.45) is -4.43. The smallest absolute Gasteiger partial charge is 0.406 e. The maximum atomic E-state index is 14.5. The number of anilines is 1. The number of hydrazine groups is 1. The molecule has 1 aliphatic heterocycles. The van der Waals surface area contributed by atoms with Gasteiger partial charge in [-0.05, 0) is 36.2 Å². The van der Waals surface area contributed by atoms with Crippen molar-refractivity contribution in [2.75, 3.05) is 23.0 Å². The number of hydrogen-bond acceptors (Lipinski definition) is 5. The number of halogens is 4. The fourth-order valence-corrected chi connectivity index (χ4v) is 4.28. The highest BCUT2D eigenvalue weighted by molar-refractivity contribution is 7.99. The first-order valence-corrected chi connectivity index (χ1v) is 9.92. The van der Waals surface area contributed by atoms with E-state index in [1.807, 2.05) is 10.3 Å². The largest absolute Gasteiger partial charge is 0.573 e. The molecule has 0 radical (unpaired) electrons. The van der Waals surface area contributed by atoms with Gasteiger partial charge >= 0.3 is 6.36 Å². The molecule has 156 valence electrons. The third-order valence-electron chi connectivity index (χ3n) is 4.51. The average molecular weight is 429 g/mol. The molecule has 1 atom stereocenters. The number of nitrogens with two attached hydrogens (primary N) is 1. The van der Waals surface area contributed by atoms with Crippen LogP contribution in [0.15, 0.2) is 42.5 Å². The highest BCUT2D eigenvalue weighted by atomic mass is 32.2. The van der Waals surface area contributed by atoms with E-state index >= 15 is 0 Å². The lowest BCUT2D eigenvalue weighted by atomic mass is 10.0. The van der Waals surface area contributed by atoms with Gasteiger partial charge in [0.25, 0.3) is 5.91 Å². The van der Waals surface area contributed by atoms with Crippen LogP contribution in [0.3, 0.4) is 0 Å². The van der Waals surface area contributed by atoms with E-state index < -0.39 is 18.1 Å². The summed E-state index contributed by atoms with van der Waals surface area (Å²) in [5, 5.41) is 0. The number of hydrogen-bond donors (Lipinski definition) is 2. The standard InChI is InChI=1S/C19H19F4N3O2S/c20-17-9-13(18(27)25-24)5-4-12(17)8-15-11-29-7-6-26(15)14-2-1-3-16(10-14)28-19(21,22)23/h1-5,9-10,15H,6-8,11,24H2,(H,25,27). The number of nitrogen functional groups attached to an aromatic ring is 1. The van der Waals surface area contributed by atoms with E-state index in [-0.39, 0.29) is 17.4 Å². The van der Waals surface area contributed by atoms with Gasteiger partial charge in [0, 0.05) is 41.4 Å². The molecule has 5 nitrogen and oxygen atoms in total. The molecule has 2 aromatic rings. The quantitative estimate of drug-likeness (QED) is 0.330. The zero-order chi connectivity index (χ0) is 21.0. The first-order valence-electron chi connectivity index (χ1n) is 8.76. The van der Waals surface area contributed by atoms with Gasteiger partial charge in [-0.15, -0.1) is 13.2 Å². The lowest BCUT2D eigenvalue weighted by Crippen LogP contribution is -2.44. The summed E-state index contributed by atoms with van der Waals surface area (Å²) in [6.45, 7) is 0.611. The number of nitrogens with zero attached hydrogens (tertiary/aromatic N) is 1. The number of ether oxygens (including phenoxy) is 1. The van der Waals surface area contributed by atoms with Gasteiger partial charge < -0.3 is 9.64 Å². The molecule has 1 aliphatic rings. The predicted molar refractivity (Wildman–Crippen MR) is 103 cm³/mol. The van der Waals surface area contributed by atoms with Crippen molar-refractivity contribution in [3.05, 3.63) is 59.4 Å². The van der Waals surface area contributed by atoms with Crippen molar-refractivity contribution in [3.8, 4) is 5.75 Å². The maximum Gasteiger partial charge on any atom is 0.573 e. The van der Waals surface area contributed by atoms with Crippen LogP contribution in [-0.4, -0.2) is 36.4 Å². The van der Waals surface area contributed by atoms with E-state index in [0.717, 1.165) is 11.8 Å². The highest BCUT2D eigenvalue weighted by Gasteiger charge is 2.32. The Hall–Kier alpha value is -2.46. The van der Waals surface area contributed by atoms with Crippen LogP contribution in [0, 0.1) is 5.82 Å². The van der Waals surface area contributed by atoms with E-state index in [4.69, 9.17) is 5.84 Å². The molecule has 3 rings (SSSR count). The normalized spacial score (nSPS) is 17.1. The van der Waals surface area contributed by atoms with Crippen molar-refractivity contribution in [2.24, 2.45) is 5.84 Å². The first-order chi connectivity index (χ1) is 13.8. The molecule has 0 spiro atoms. The van der Waals surface area contributed by atoms with Gasteiger partial charge in [-0.2, -0.15) is 11.8 Å². The van der Waals surface area contributed by atoms with Crippen molar-refractivity contribution in [3.63, 3.8) is 0 Å². The molecule has 10 heteroatoms. The summed E-state index contributed by atoms with van der Waals surface area (Å²) < 4.78 is 56.1. The van der Waals surface area contributed by atoms with Gasteiger partial charge in [-0.1, -0.05) is 12.1 Å². The molecular formula is C19H19F4N3O2S. The number of alkyl halides is 3. The lowest BCUT2D eigenvalue weighted by Gasteiger charge is -2.37. The molecule has 2 aromatic carbocycles. The summed E-state index contributed by atoms with van der Waals surface area (Å²) in [5.74, 6) is 5.14. The molecule has 29 heavy (non-hydrogen) atoms. The van der Waals surface area contributed by atoms with Gasteiger partial charge in [-0.25, -0.2) is 10.2 Å². The molecule has 1 fully saturated rings. The second-order valence-electron chi connectivity index (χ2n) is 6.45. The number of benzene rings is 2. The van der Waals surface area contributed by atoms with E-state index in [1.54, 1.807) is 17.8 Å². The van der Waals surface area contributed by atoms with Gasteiger partial charge in [0.1, 0.15) is 11.6 Å². The second kappa shape index (κ2) is 8.91. The number of carbonyl (C=O) groups is 1. The maximum absolute atomic E-state index is 14.5. The van der Waals surface area contributed by atoms with E-state index in [2.05, 4.69) is 4.74 Å². The minimum Gasteiger partial charge on any atom is -0.406 e. The minimum atomic E-state index is -4.77. The topological polar surface area (TPSA) is 67.6 Å². The van der Waals surface area contributed by atoms with Gasteiger partial charge in [0.15, 0.2) is 0 Å². The molecular weight excluding hydrogens is 410 g/mol.